The summed E-state index contributed by atoms with van der Waals surface area (Å²) in [6, 6.07) is 20.8. The van der Waals surface area contributed by atoms with E-state index in [1.165, 1.54) is 33.3 Å². The number of hydrogen-bond donors (Lipinski definition) is 0. The van der Waals surface area contributed by atoms with Gasteiger partial charge in [-0.2, -0.15) is 0 Å². The lowest BCUT2D eigenvalue weighted by Crippen LogP contribution is -2.06. The van der Waals surface area contributed by atoms with Crippen molar-refractivity contribution in [3.05, 3.63) is 94.9 Å². The molecule has 0 unspecified atom stereocenters. The van der Waals surface area contributed by atoms with Crippen LogP contribution in [0.3, 0.4) is 0 Å². The Hall–Kier alpha value is -2.78. The molecule has 2 heterocycles. The molecular weight excluding hydrogens is 368 g/mol. The number of fused-ring (bicyclic) bond motifs is 1. The van der Waals surface area contributed by atoms with Crippen LogP contribution in [0.4, 0.5) is 0 Å². The average Bonchev–Trinajstić information content (AvgIpc) is 2.94. The number of aryl methyl sites for hydroxylation is 2. The SMILES string of the molecule is Cc1ccc(OCc2nccc3c(C)c(C)n(Cc4ccccc4)c23)cc1.Cl. The van der Waals surface area contributed by atoms with Gasteiger partial charge in [0.15, 0.2) is 0 Å². The zero-order valence-electron chi connectivity index (χ0n) is 16.5. The van der Waals surface area contributed by atoms with Crippen molar-refractivity contribution in [3.63, 3.8) is 0 Å². The highest BCUT2D eigenvalue weighted by Crippen LogP contribution is 2.28. The molecule has 0 fully saturated rings. The third-order valence-electron chi connectivity index (χ3n) is 5.20. The number of nitrogens with zero attached hydrogens (tertiary/aromatic N) is 2. The van der Waals surface area contributed by atoms with Crippen molar-refractivity contribution in [2.24, 2.45) is 0 Å². The number of ether oxygens (including phenoxy) is 1. The largest absolute Gasteiger partial charge is 0.487 e. The van der Waals surface area contributed by atoms with E-state index in [9.17, 15) is 0 Å². The molecule has 0 aliphatic rings. The van der Waals surface area contributed by atoms with Crippen LogP contribution in [0, 0.1) is 20.8 Å². The first-order valence-corrected chi connectivity index (χ1v) is 9.30. The fourth-order valence-corrected chi connectivity index (χ4v) is 3.52. The van der Waals surface area contributed by atoms with Crippen LogP contribution < -0.4 is 4.74 Å². The van der Waals surface area contributed by atoms with Gasteiger partial charge in [-0.25, -0.2) is 0 Å². The summed E-state index contributed by atoms with van der Waals surface area (Å²) < 4.78 is 8.40. The fourth-order valence-electron chi connectivity index (χ4n) is 3.52. The number of aromatic nitrogens is 2. The van der Waals surface area contributed by atoms with E-state index in [1.807, 2.05) is 18.3 Å². The van der Waals surface area contributed by atoms with Crippen LogP contribution in [-0.4, -0.2) is 9.55 Å². The number of benzene rings is 2. The molecule has 2 aromatic heterocycles. The molecule has 4 rings (SSSR count). The van der Waals surface area contributed by atoms with Gasteiger partial charge in [-0.05, 0) is 50.1 Å². The molecule has 0 N–H and O–H groups in total. The highest BCUT2D eigenvalue weighted by molar-refractivity contribution is 5.87. The Morgan fingerprint density at radius 1 is 0.893 bits per heavy atom. The van der Waals surface area contributed by atoms with E-state index in [4.69, 9.17) is 4.74 Å². The summed E-state index contributed by atoms with van der Waals surface area (Å²) in [7, 11) is 0. The number of halogens is 1. The van der Waals surface area contributed by atoms with Crippen LogP contribution in [0.15, 0.2) is 66.9 Å². The minimum atomic E-state index is 0. The molecular formula is C24H25ClN2O. The summed E-state index contributed by atoms with van der Waals surface area (Å²) in [4.78, 5) is 4.65. The minimum absolute atomic E-state index is 0. The zero-order chi connectivity index (χ0) is 18.8. The Morgan fingerprint density at radius 3 is 2.32 bits per heavy atom. The van der Waals surface area contributed by atoms with Crippen molar-refractivity contribution in [2.45, 2.75) is 33.9 Å². The van der Waals surface area contributed by atoms with E-state index in [2.05, 4.69) is 78.9 Å². The quantitative estimate of drug-likeness (QED) is 0.415. The van der Waals surface area contributed by atoms with Gasteiger partial charge in [0.05, 0.1) is 5.52 Å². The lowest BCUT2D eigenvalue weighted by molar-refractivity contribution is 0.302. The first-order valence-electron chi connectivity index (χ1n) is 9.30. The van der Waals surface area contributed by atoms with Crippen LogP contribution in [0.25, 0.3) is 10.9 Å². The second-order valence-corrected chi connectivity index (χ2v) is 7.04. The molecule has 0 bridgehead atoms. The van der Waals surface area contributed by atoms with E-state index >= 15 is 0 Å². The highest BCUT2D eigenvalue weighted by Gasteiger charge is 2.16. The molecule has 3 nitrogen and oxygen atoms in total. The molecule has 0 radical (unpaired) electrons. The Morgan fingerprint density at radius 2 is 1.61 bits per heavy atom. The molecule has 28 heavy (non-hydrogen) atoms. The van der Waals surface area contributed by atoms with Crippen molar-refractivity contribution in [1.82, 2.24) is 9.55 Å². The van der Waals surface area contributed by atoms with Gasteiger partial charge >= 0.3 is 0 Å². The Balaban J connectivity index is 0.00000225. The van der Waals surface area contributed by atoms with Crippen molar-refractivity contribution in [2.75, 3.05) is 0 Å². The number of rotatable bonds is 5. The van der Waals surface area contributed by atoms with Gasteiger partial charge in [0.1, 0.15) is 18.1 Å². The fraction of sp³-hybridized carbons (Fsp3) is 0.208. The zero-order valence-corrected chi connectivity index (χ0v) is 17.3. The highest BCUT2D eigenvalue weighted by atomic mass is 35.5. The van der Waals surface area contributed by atoms with E-state index < -0.39 is 0 Å². The van der Waals surface area contributed by atoms with Crippen LogP contribution in [0.1, 0.15) is 28.1 Å². The summed E-state index contributed by atoms with van der Waals surface area (Å²) in [5.74, 6) is 0.869. The molecule has 0 spiro atoms. The van der Waals surface area contributed by atoms with E-state index in [0.29, 0.717) is 6.61 Å². The lowest BCUT2D eigenvalue weighted by Gasteiger charge is -2.12. The van der Waals surface area contributed by atoms with Gasteiger partial charge in [-0.15, -0.1) is 12.4 Å². The molecule has 0 saturated carbocycles. The lowest BCUT2D eigenvalue weighted by atomic mass is 10.1. The van der Waals surface area contributed by atoms with Gasteiger partial charge in [-0.3, -0.25) is 4.98 Å². The molecule has 4 heteroatoms. The Kier molecular flexibility index (Phi) is 6.05. The second kappa shape index (κ2) is 8.49. The normalized spacial score (nSPS) is 10.7. The number of pyridine rings is 1. The minimum Gasteiger partial charge on any atom is -0.487 e. The van der Waals surface area contributed by atoms with Gasteiger partial charge in [0.2, 0.25) is 0 Å². The summed E-state index contributed by atoms with van der Waals surface area (Å²) in [5, 5.41) is 1.25. The standard InChI is InChI=1S/C24H24N2O.ClH/c1-17-9-11-21(12-10-17)27-16-23-24-22(13-14-25-23)18(2)19(3)26(24)15-20-7-5-4-6-8-20;/h4-14H,15-16H2,1-3H3;1H. The summed E-state index contributed by atoms with van der Waals surface area (Å²) in [6.45, 7) is 7.74. The molecule has 144 valence electrons. The molecule has 0 aliphatic carbocycles. The maximum atomic E-state index is 6.03. The number of hydrogen-bond acceptors (Lipinski definition) is 2. The van der Waals surface area contributed by atoms with Crippen LogP contribution in [0.2, 0.25) is 0 Å². The second-order valence-electron chi connectivity index (χ2n) is 7.04. The molecule has 0 atom stereocenters. The molecule has 0 aliphatic heterocycles. The van der Waals surface area contributed by atoms with Crippen molar-refractivity contribution in [3.8, 4) is 5.75 Å². The predicted molar refractivity (Wildman–Crippen MR) is 118 cm³/mol. The molecule has 2 aromatic carbocycles. The third kappa shape index (κ3) is 3.90. The maximum absolute atomic E-state index is 6.03. The molecule has 0 saturated heterocycles. The summed E-state index contributed by atoms with van der Waals surface area (Å²) >= 11 is 0. The van der Waals surface area contributed by atoms with Crippen LogP contribution in [0.5, 0.6) is 5.75 Å². The molecule has 0 amide bonds. The van der Waals surface area contributed by atoms with Crippen LogP contribution in [-0.2, 0) is 13.2 Å². The topological polar surface area (TPSA) is 27.1 Å². The van der Waals surface area contributed by atoms with E-state index in [-0.39, 0.29) is 12.4 Å². The van der Waals surface area contributed by atoms with Gasteiger partial charge in [0.25, 0.3) is 0 Å². The van der Waals surface area contributed by atoms with Gasteiger partial charge in [-0.1, -0.05) is 48.0 Å². The maximum Gasteiger partial charge on any atom is 0.132 e. The van der Waals surface area contributed by atoms with Crippen molar-refractivity contribution in [1.29, 1.82) is 0 Å². The van der Waals surface area contributed by atoms with Crippen molar-refractivity contribution >= 4 is 23.3 Å². The van der Waals surface area contributed by atoms with E-state index in [1.54, 1.807) is 0 Å². The predicted octanol–water partition coefficient (Wildman–Crippen LogP) is 6.01. The summed E-state index contributed by atoms with van der Waals surface area (Å²) in [6.07, 6.45) is 1.88. The van der Waals surface area contributed by atoms with E-state index in [0.717, 1.165) is 18.0 Å². The third-order valence-corrected chi connectivity index (χ3v) is 5.20. The summed E-state index contributed by atoms with van der Waals surface area (Å²) in [5.41, 5.74) is 7.24. The van der Waals surface area contributed by atoms with Crippen LogP contribution >= 0.6 is 12.4 Å². The molecule has 4 aromatic rings. The van der Waals surface area contributed by atoms with Gasteiger partial charge in [0, 0.05) is 23.8 Å². The van der Waals surface area contributed by atoms with Crippen molar-refractivity contribution < 1.29 is 4.74 Å². The smallest absolute Gasteiger partial charge is 0.132 e. The first-order chi connectivity index (χ1) is 13.1. The van der Waals surface area contributed by atoms with Gasteiger partial charge < -0.3 is 9.30 Å². The monoisotopic (exact) mass is 392 g/mol. The first kappa shape index (κ1) is 20.0. The average molecular weight is 393 g/mol. The Labute approximate surface area is 172 Å². The Bertz CT molecular complexity index is 1070.